The molecular formula is C20H29N4+. The molecule has 0 radical (unpaired) electrons. The average molecular weight is 325 g/mol. The van der Waals surface area contributed by atoms with E-state index >= 15 is 0 Å². The van der Waals surface area contributed by atoms with Crippen LogP contribution in [-0.2, 0) is 0 Å². The molecule has 2 rings (SSSR count). The minimum Gasteiger partial charge on any atom is -0.378 e. The molecule has 0 aliphatic carbocycles. The van der Waals surface area contributed by atoms with Crippen LogP contribution in [-0.4, -0.2) is 53.5 Å². The van der Waals surface area contributed by atoms with Gasteiger partial charge in [-0.2, -0.15) is 0 Å². The summed E-state index contributed by atoms with van der Waals surface area (Å²) in [4.78, 5) is 4.24. The zero-order valence-electron chi connectivity index (χ0n) is 15.7. The summed E-state index contributed by atoms with van der Waals surface area (Å²) in [7, 11) is 12.2. The van der Waals surface area contributed by atoms with E-state index in [4.69, 9.17) is 0 Å². The van der Waals surface area contributed by atoms with Gasteiger partial charge in [-0.25, -0.2) is 0 Å². The maximum atomic E-state index is 4.61. The molecule has 0 saturated carbocycles. The highest BCUT2D eigenvalue weighted by atomic mass is 15.2. The van der Waals surface area contributed by atoms with Crippen LogP contribution in [0.4, 0.5) is 11.4 Å². The molecule has 0 aliphatic rings. The van der Waals surface area contributed by atoms with Crippen LogP contribution in [0.25, 0.3) is 0 Å². The van der Waals surface area contributed by atoms with Gasteiger partial charge in [0.1, 0.15) is 6.54 Å². The molecule has 0 heterocycles. The quantitative estimate of drug-likeness (QED) is 0.597. The molecule has 4 heteroatoms. The number of hydrogen-bond acceptors (Lipinski definition) is 3. The second kappa shape index (κ2) is 7.95. The summed E-state index contributed by atoms with van der Waals surface area (Å²) in [5, 5.41) is 4.61. The molecular weight excluding hydrogens is 296 g/mol. The van der Waals surface area contributed by atoms with Gasteiger partial charge in [-0.05, 0) is 40.5 Å². The van der Waals surface area contributed by atoms with Crippen LogP contribution in [0, 0.1) is 0 Å². The molecule has 0 unspecified atom stereocenters. The fraction of sp³-hybridized carbons (Fsp3) is 0.400. The van der Waals surface area contributed by atoms with Gasteiger partial charge in [0.25, 0.3) is 0 Å². The van der Waals surface area contributed by atoms with Crippen molar-refractivity contribution < 1.29 is 4.70 Å². The van der Waals surface area contributed by atoms with Gasteiger partial charge in [-0.3, -0.25) is 0 Å². The zero-order valence-corrected chi connectivity index (χ0v) is 15.7. The smallest absolute Gasteiger partial charge is 0.158 e. The van der Waals surface area contributed by atoms with E-state index in [1.165, 1.54) is 22.5 Å². The van der Waals surface area contributed by atoms with Crippen LogP contribution in [0.5, 0.6) is 0 Å². The maximum absolute atomic E-state index is 4.61. The summed E-state index contributed by atoms with van der Waals surface area (Å²) < 4.78 is 1.88. The van der Waals surface area contributed by atoms with Crippen molar-refractivity contribution in [2.45, 2.75) is 5.92 Å². The van der Waals surface area contributed by atoms with Crippen LogP contribution < -0.4 is 9.80 Å². The summed E-state index contributed by atoms with van der Waals surface area (Å²) in [6.45, 7) is 0.746. The van der Waals surface area contributed by atoms with E-state index in [1.54, 1.807) is 0 Å². The lowest BCUT2D eigenvalue weighted by Crippen LogP contribution is -2.11. The van der Waals surface area contributed by atoms with Crippen LogP contribution in [0.3, 0.4) is 0 Å². The van der Waals surface area contributed by atoms with Gasteiger partial charge in [0.2, 0.25) is 0 Å². The highest BCUT2D eigenvalue weighted by Gasteiger charge is 2.16. The minimum absolute atomic E-state index is 0.264. The second-order valence-corrected chi connectivity index (χ2v) is 6.70. The molecule has 2 aromatic rings. The maximum Gasteiger partial charge on any atom is 0.158 e. The molecule has 0 saturated heterocycles. The molecule has 0 fully saturated rings. The lowest BCUT2D eigenvalue weighted by Gasteiger charge is -2.19. The first-order valence-corrected chi connectivity index (χ1v) is 8.28. The van der Waals surface area contributed by atoms with Crippen molar-refractivity contribution in [1.29, 1.82) is 0 Å². The summed E-state index contributed by atoms with van der Waals surface area (Å²) in [5.41, 5.74) is 5.02. The number of rotatable bonds is 6. The summed E-state index contributed by atoms with van der Waals surface area (Å²) in [6, 6.07) is 17.5. The van der Waals surface area contributed by atoms with Crippen LogP contribution in [0.1, 0.15) is 17.0 Å². The van der Waals surface area contributed by atoms with Crippen LogP contribution in [0.2, 0.25) is 0 Å². The molecule has 0 atom stereocenters. The highest BCUT2D eigenvalue weighted by molar-refractivity contribution is 5.50. The number of nitrogens with zero attached hydrogens (tertiary/aromatic N) is 4. The van der Waals surface area contributed by atoms with Gasteiger partial charge in [0, 0.05) is 45.5 Å². The molecule has 128 valence electrons. The largest absolute Gasteiger partial charge is 0.378 e. The van der Waals surface area contributed by atoms with E-state index in [-0.39, 0.29) is 5.92 Å². The average Bonchev–Trinajstić information content (AvgIpc) is 2.55. The van der Waals surface area contributed by atoms with E-state index in [2.05, 4.69) is 91.6 Å². The van der Waals surface area contributed by atoms with E-state index < -0.39 is 0 Å². The Morgan fingerprint density at radius 3 is 1.42 bits per heavy atom. The first-order chi connectivity index (χ1) is 11.4. The van der Waals surface area contributed by atoms with Crippen molar-refractivity contribution in [2.75, 3.05) is 58.6 Å². The Morgan fingerprint density at radius 1 is 0.750 bits per heavy atom. The summed E-state index contributed by atoms with van der Waals surface area (Å²) in [5.74, 6) is 0.264. The van der Waals surface area contributed by atoms with Gasteiger partial charge < -0.3 is 9.80 Å². The van der Waals surface area contributed by atoms with Crippen molar-refractivity contribution in [3.63, 3.8) is 0 Å². The summed E-state index contributed by atoms with van der Waals surface area (Å²) >= 11 is 0. The van der Waals surface area contributed by atoms with E-state index in [0.29, 0.717) is 0 Å². The fourth-order valence-electron chi connectivity index (χ4n) is 2.66. The van der Waals surface area contributed by atoms with Crippen molar-refractivity contribution in [3.05, 3.63) is 59.7 Å². The standard InChI is InChI=1S/C20H29N4/c1-22(2)18-11-7-16(8-12-18)20(15-21-24(5)6)17-9-13-19(14-10-17)23(3)4/h7-14,20H,15H2,1-6H3/q+1. The highest BCUT2D eigenvalue weighted by Crippen LogP contribution is 2.28. The molecule has 24 heavy (non-hydrogen) atoms. The molecule has 2 aromatic carbocycles. The van der Waals surface area contributed by atoms with Crippen LogP contribution >= 0.6 is 0 Å². The topological polar surface area (TPSA) is 21.9 Å². The van der Waals surface area contributed by atoms with Crippen molar-refractivity contribution in [1.82, 2.24) is 0 Å². The van der Waals surface area contributed by atoms with Gasteiger partial charge in [-0.1, -0.05) is 24.3 Å². The normalized spacial score (nSPS) is 10.6. The summed E-state index contributed by atoms with van der Waals surface area (Å²) in [6.07, 6.45) is 0. The molecule has 0 N–H and O–H groups in total. The van der Waals surface area contributed by atoms with Crippen molar-refractivity contribution in [3.8, 4) is 0 Å². The Labute approximate surface area is 146 Å². The second-order valence-electron chi connectivity index (χ2n) is 6.70. The number of azo groups is 2. The fourth-order valence-corrected chi connectivity index (χ4v) is 2.66. The van der Waals surface area contributed by atoms with Crippen molar-refractivity contribution >= 4 is 11.4 Å². The Bertz CT molecular complexity index is 614. The molecule has 0 bridgehead atoms. The number of benzene rings is 2. The Balaban J connectivity index is 2.35. The monoisotopic (exact) mass is 325 g/mol. The van der Waals surface area contributed by atoms with Gasteiger partial charge in [-0.15, -0.1) is 4.70 Å². The molecule has 0 amide bonds. The Kier molecular flexibility index (Phi) is 5.96. The number of anilines is 2. The SMILES string of the molecule is CN(C)c1ccc(C(CN=[N+](C)C)c2ccc(N(C)C)cc2)cc1. The first kappa shape index (κ1) is 18.0. The third kappa shape index (κ3) is 4.57. The predicted octanol–water partition coefficient (Wildman–Crippen LogP) is 3.67. The van der Waals surface area contributed by atoms with Gasteiger partial charge in [0.05, 0.1) is 0 Å². The molecule has 0 aliphatic heterocycles. The lowest BCUT2D eigenvalue weighted by molar-refractivity contribution is -0.538. The van der Waals surface area contributed by atoms with Crippen molar-refractivity contribution in [2.24, 2.45) is 5.11 Å². The Morgan fingerprint density at radius 2 is 1.12 bits per heavy atom. The minimum atomic E-state index is 0.264. The Hall–Kier alpha value is -2.36. The van der Waals surface area contributed by atoms with E-state index in [1.807, 2.05) is 18.8 Å². The molecule has 4 nitrogen and oxygen atoms in total. The third-order valence-corrected chi connectivity index (χ3v) is 4.17. The third-order valence-electron chi connectivity index (χ3n) is 4.17. The zero-order chi connectivity index (χ0) is 17.7. The van der Waals surface area contributed by atoms with E-state index in [0.717, 1.165) is 6.54 Å². The number of hydrogen-bond donors (Lipinski definition) is 0. The molecule has 0 aromatic heterocycles. The molecule has 0 spiro atoms. The van der Waals surface area contributed by atoms with Crippen LogP contribution in [0.15, 0.2) is 53.6 Å². The van der Waals surface area contributed by atoms with Gasteiger partial charge >= 0.3 is 0 Å². The first-order valence-electron chi connectivity index (χ1n) is 8.28. The van der Waals surface area contributed by atoms with E-state index in [9.17, 15) is 0 Å². The predicted molar refractivity (Wildman–Crippen MR) is 103 cm³/mol. The van der Waals surface area contributed by atoms with Gasteiger partial charge in [0.15, 0.2) is 14.1 Å². The lowest BCUT2D eigenvalue weighted by atomic mass is 9.91.